The molecule has 0 fully saturated rings. The normalized spacial score (nSPS) is 12.6. The first kappa shape index (κ1) is 13.8. The van der Waals surface area contributed by atoms with E-state index in [2.05, 4.69) is 63.0 Å². The lowest BCUT2D eigenvalue weighted by Crippen LogP contribution is -2.22. The topological polar surface area (TPSA) is 12.0 Å². The van der Waals surface area contributed by atoms with Gasteiger partial charge in [-0.15, -0.1) is 11.3 Å². The number of thiophene rings is 1. The molecule has 0 saturated heterocycles. The second-order valence-corrected chi connectivity index (χ2v) is 6.39. The number of benzene rings is 1. The molecule has 1 nitrogen and oxygen atoms in total. The molecule has 0 aliphatic rings. The predicted molar refractivity (Wildman–Crippen MR) is 83.3 cm³/mol. The van der Waals surface area contributed by atoms with Crippen LogP contribution in [0.3, 0.4) is 0 Å². The summed E-state index contributed by atoms with van der Waals surface area (Å²) < 4.78 is 1.22. The molecule has 0 aliphatic heterocycles. The molecule has 0 spiro atoms. The Kier molecular flexibility index (Phi) is 5.42. The Bertz CT molecular complexity index is 467. The highest BCUT2D eigenvalue weighted by molar-refractivity contribution is 9.10. The van der Waals surface area contributed by atoms with Crippen LogP contribution in [0, 0.1) is 5.92 Å². The summed E-state index contributed by atoms with van der Waals surface area (Å²) in [5, 5.41) is 5.47. The smallest absolute Gasteiger partial charge is 0.0207 e. The minimum Gasteiger partial charge on any atom is -0.319 e. The lowest BCUT2D eigenvalue weighted by atomic mass is 9.95. The second kappa shape index (κ2) is 7.07. The summed E-state index contributed by atoms with van der Waals surface area (Å²) in [6.45, 7) is 1.05. The molecule has 0 amide bonds. The molecule has 0 bridgehead atoms. The zero-order chi connectivity index (χ0) is 12.8. The molecule has 1 unspecified atom stereocenters. The van der Waals surface area contributed by atoms with Crippen LogP contribution in [0.1, 0.15) is 10.4 Å². The van der Waals surface area contributed by atoms with Crippen LogP contribution in [0.4, 0.5) is 0 Å². The van der Waals surface area contributed by atoms with Gasteiger partial charge in [0.2, 0.25) is 0 Å². The molecule has 96 valence electrons. The largest absolute Gasteiger partial charge is 0.319 e. The number of hydrogen-bond acceptors (Lipinski definition) is 2. The Morgan fingerprint density at radius 2 is 2.00 bits per heavy atom. The SMILES string of the molecule is CNCC(Cc1cccs1)Cc1ccccc1Br. The maximum absolute atomic E-state index is 3.64. The van der Waals surface area contributed by atoms with Crippen molar-refractivity contribution in [2.24, 2.45) is 5.92 Å². The quantitative estimate of drug-likeness (QED) is 0.842. The Morgan fingerprint density at radius 3 is 2.67 bits per heavy atom. The molecule has 2 rings (SSSR count). The molecule has 18 heavy (non-hydrogen) atoms. The lowest BCUT2D eigenvalue weighted by Gasteiger charge is -2.16. The minimum absolute atomic E-state index is 0.646. The highest BCUT2D eigenvalue weighted by Crippen LogP contribution is 2.22. The molecule has 1 aromatic carbocycles. The van der Waals surface area contributed by atoms with Gasteiger partial charge in [-0.05, 0) is 55.4 Å². The van der Waals surface area contributed by atoms with Gasteiger partial charge in [-0.25, -0.2) is 0 Å². The molecule has 1 heterocycles. The van der Waals surface area contributed by atoms with Crippen molar-refractivity contribution in [1.29, 1.82) is 0 Å². The van der Waals surface area contributed by atoms with Crippen molar-refractivity contribution in [1.82, 2.24) is 5.32 Å². The summed E-state index contributed by atoms with van der Waals surface area (Å²) in [5.74, 6) is 0.646. The van der Waals surface area contributed by atoms with E-state index in [4.69, 9.17) is 0 Å². The number of nitrogens with one attached hydrogen (secondary N) is 1. The van der Waals surface area contributed by atoms with Gasteiger partial charge in [0, 0.05) is 9.35 Å². The van der Waals surface area contributed by atoms with E-state index in [-0.39, 0.29) is 0 Å². The van der Waals surface area contributed by atoms with Gasteiger partial charge in [-0.2, -0.15) is 0 Å². The molecule has 1 atom stereocenters. The molecule has 3 heteroatoms. The van der Waals surface area contributed by atoms with Crippen molar-refractivity contribution >= 4 is 27.3 Å². The van der Waals surface area contributed by atoms with E-state index in [0.29, 0.717) is 5.92 Å². The fourth-order valence-electron chi connectivity index (χ4n) is 2.19. The second-order valence-electron chi connectivity index (χ2n) is 4.50. The molecule has 1 aromatic heterocycles. The maximum atomic E-state index is 3.64. The van der Waals surface area contributed by atoms with Crippen LogP contribution in [-0.4, -0.2) is 13.6 Å². The zero-order valence-electron chi connectivity index (χ0n) is 10.5. The van der Waals surface area contributed by atoms with E-state index < -0.39 is 0 Å². The first-order chi connectivity index (χ1) is 8.79. The number of rotatable bonds is 6. The lowest BCUT2D eigenvalue weighted by molar-refractivity contribution is 0.496. The first-order valence-corrected chi connectivity index (χ1v) is 7.87. The average Bonchev–Trinajstić information content (AvgIpc) is 2.85. The van der Waals surface area contributed by atoms with Crippen LogP contribution in [0.2, 0.25) is 0 Å². The van der Waals surface area contributed by atoms with Gasteiger partial charge >= 0.3 is 0 Å². The van der Waals surface area contributed by atoms with Crippen LogP contribution in [-0.2, 0) is 12.8 Å². The van der Waals surface area contributed by atoms with E-state index in [1.807, 2.05) is 18.4 Å². The third kappa shape index (κ3) is 3.94. The van der Waals surface area contributed by atoms with Crippen molar-refractivity contribution in [3.63, 3.8) is 0 Å². The van der Waals surface area contributed by atoms with E-state index >= 15 is 0 Å². The summed E-state index contributed by atoms with van der Waals surface area (Å²) >= 11 is 5.49. The van der Waals surface area contributed by atoms with Gasteiger partial charge in [0.25, 0.3) is 0 Å². The molecule has 0 saturated carbocycles. The molecule has 0 aliphatic carbocycles. The summed E-state index contributed by atoms with van der Waals surface area (Å²) in [7, 11) is 2.03. The van der Waals surface area contributed by atoms with Crippen LogP contribution in [0.15, 0.2) is 46.3 Å². The third-order valence-electron chi connectivity index (χ3n) is 3.03. The molecule has 1 N–H and O–H groups in total. The monoisotopic (exact) mass is 323 g/mol. The van der Waals surface area contributed by atoms with Crippen LogP contribution < -0.4 is 5.32 Å². The van der Waals surface area contributed by atoms with E-state index in [1.165, 1.54) is 14.9 Å². The highest BCUT2D eigenvalue weighted by Gasteiger charge is 2.12. The van der Waals surface area contributed by atoms with Crippen molar-refractivity contribution < 1.29 is 0 Å². The number of halogens is 1. The summed E-state index contributed by atoms with van der Waals surface area (Å²) in [6, 6.07) is 12.9. The van der Waals surface area contributed by atoms with Gasteiger partial charge in [0.1, 0.15) is 0 Å². The minimum atomic E-state index is 0.646. The van der Waals surface area contributed by atoms with Gasteiger partial charge in [0.15, 0.2) is 0 Å². The first-order valence-electron chi connectivity index (χ1n) is 6.20. The van der Waals surface area contributed by atoms with Gasteiger partial charge < -0.3 is 5.32 Å². The van der Waals surface area contributed by atoms with Gasteiger partial charge in [0.05, 0.1) is 0 Å². The molecular weight excluding hydrogens is 306 g/mol. The van der Waals surface area contributed by atoms with E-state index in [9.17, 15) is 0 Å². The van der Waals surface area contributed by atoms with Crippen molar-refractivity contribution in [2.45, 2.75) is 12.8 Å². The van der Waals surface area contributed by atoms with Crippen molar-refractivity contribution in [2.75, 3.05) is 13.6 Å². The molecular formula is C15H18BrNS. The van der Waals surface area contributed by atoms with Gasteiger partial charge in [-0.1, -0.05) is 40.2 Å². The number of hydrogen-bond donors (Lipinski definition) is 1. The van der Waals surface area contributed by atoms with Crippen LogP contribution >= 0.6 is 27.3 Å². The van der Waals surface area contributed by atoms with E-state index in [0.717, 1.165) is 19.4 Å². The van der Waals surface area contributed by atoms with Crippen molar-refractivity contribution in [3.8, 4) is 0 Å². The highest BCUT2D eigenvalue weighted by atomic mass is 79.9. The Morgan fingerprint density at radius 1 is 1.17 bits per heavy atom. The molecule has 2 aromatic rings. The van der Waals surface area contributed by atoms with Crippen molar-refractivity contribution in [3.05, 3.63) is 56.7 Å². The summed E-state index contributed by atoms with van der Waals surface area (Å²) in [4.78, 5) is 1.47. The summed E-state index contributed by atoms with van der Waals surface area (Å²) in [5.41, 5.74) is 1.40. The molecule has 0 radical (unpaired) electrons. The predicted octanol–water partition coefficient (Wildman–Crippen LogP) is 4.13. The fraction of sp³-hybridized carbons (Fsp3) is 0.333. The standard InChI is InChI=1S/C15H18BrNS/c1-17-11-12(10-14-6-4-8-18-14)9-13-5-2-3-7-15(13)16/h2-8,12,17H,9-11H2,1H3. The Hall–Kier alpha value is -0.640. The van der Waals surface area contributed by atoms with Gasteiger partial charge in [-0.3, -0.25) is 0 Å². The third-order valence-corrected chi connectivity index (χ3v) is 4.70. The van der Waals surface area contributed by atoms with E-state index in [1.54, 1.807) is 0 Å². The fourth-order valence-corrected chi connectivity index (χ4v) is 3.46. The van der Waals surface area contributed by atoms with Crippen LogP contribution in [0.25, 0.3) is 0 Å². The Balaban J connectivity index is 2.04. The summed E-state index contributed by atoms with van der Waals surface area (Å²) in [6.07, 6.45) is 2.26. The Labute approximate surface area is 121 Å². The van der Waals surface area contributed by atoms with Crippen LogP contribution in [0.5, 0.6) is 0 Å². The average molecular weight is 324 g/mol. The maximum Gasteiger partial charge on any atom is 0.0207 e. The zero-order valence-corrected chi connectivity index (χ0v) is 12.9.